The monoisotopic (exact) mass is 496 g/mol. The van der Waals surface area contributed by atoms with Crippen LogP contribution in [0.15, 0.2) is 54.6 Å². The molecule has 2 heterocycles. The van der Waals surface area contributed by atoms with Gasteiger partial charge in [-0.1, -0.05) is 18.2 Å². The van der Waals surface area contributed by atoms with Crippen LogP contribution < -0.4 is 14.5 Å². The number of ether oxygens (including phenoxy) is 1. The lowest BCUT2D eigenvalue weighted by Gasteiger charge is -2.37. The first-order valence-corrected chi connectivity index (χ1v) is 13.1. The smallest absolute Gasteiger partial charge is 0.316 e. The van der Waals surface area contributed by atoms with Gasteiger partial charge in [-0.3, -0.25) is 24.1 Å². The molecular weight excluding hydrogens is 468 g/mol. The number of benzene rings is 2. The summed E-state index contributed by atoms with van der Waals surface area (Å²) in [5, 5.41) is 0. The summed E-state index contributed by atoms with van der Waals surface area (Å²) in [6, 6.07) is 12.4. The van der Waals surface area contributed by atoms with E-state index >= 15 is 0 Å². The van der Waals surface area contributed by atoms with Gasteiger partial charge in [-0.15, -0.1) is 0 Å². The normalized spacial score (nSPS) is 33.1. The molecule has 2 bridgehead atoms. The molecule has 8 rings (SSSR count). The van der Waals surface area contributed by atoms with Gasteiger partial charge < -0.3 is 9.64 Å². The minimum absolute atomic E-state index is 0.0990. The summed E-state index contributed by atoms with van der Waals surface area (Å²) >= 11 is 0. The topological polar surface area (TPSA) is 84.0 Å². The second kappa shape index (κ2) is 7.88. The Bertz CT molecular complexity index is 1360. The molecule has 0 unspecified atom stereocenters. The number of aryl methyl sites for hydroxylation is 2. The first-order chi connectivity index (χ1) is 17.8. The maximum absolute atomic E-state index is 13.3. The molecule has 2 saturated heterocycles. The van der Waals surface area contributed by atoms with Gasteiger partial charge in [0.1, 0.15) is 5.75 Å². The molecule has 7 heteroatoms. The van der Waals surface area contributed by atoms with Crippen molar-refractivity contribution in [3.63, 3.8) is 0 Å². The Morgan fingerprint density at radius 2 is 1.46 bits per heavy atom. The van der Waals surface area contributed by atoms with Crippen LogP contribution in [0.1, 0.15) is 24.0 Å². The van der Waals surface area contributed by atoms with Crippen molar-refractivity contribution in [3.05, 3.63) is 65.7 Å². The lowest BCUT2D eigenvalue weighted by atomic mass is 9.63. The van der Waals surface area contributed by atoms with E-state index in [4.69, 9.17) is 4.74 Å². The van der Waals surface area contributed by atoms with E-state index in [1.807, 2.05) is 32.0 Å². The molecule has 188 valence electrons. The fourth-order valence-corrected chi connectivity index (χ4v) is 7.08. The van der Waals surface area contributed by atoms with Crippen molar-refractivity contribution in [2.24, 2.45) is 41.4 Å². The molecule has 37 heavy (non-hydrogen) atoms. The Kier molecular flexibility index (Phi) is 4.78. The number of hydrogen-bond acceptors (Lipinski definition) is 5. The summed E-state index contributed by atoms with van der Waals surface area (Å²) in [6.07, 6.45) is 5.55. The highest BCUT2D eigenvalue weighted by atomic mass is 16.5. The van der Waals surface area contributed by atoms with Crippen molar-refractivity contribution < 1.29 is 23.9 Å². The second-order valence-corrected chi connectivity index (χ2v) is 11.3. The molecule has 2 saturated carbocycles. The third-order valence-electron chi connectivity index (χ3n) is 9.24. The zero-order valence-corrected chi connectivity index (χ0v) is 20.8. The highest BCUT2D eigenvalue weighted by Crippen LogP contribution is 2.65. The largest absolute Gasteiger partial charge is 0.426 e. The predicted molar refractivity (Wildman–Crippen MR) is 136 cm³/mol. The molecule has 7 nitrogen and oxygen atoms in total. The van der Waals surface area contributed by atoms with E-state index in [1.165, 1.54) is 4.90 Å². The number of amides is 3. The van der Waals surface area contributed by atoms with Gasteiger partial charge in [0.15, 0.2) is 0 Å². The summed E-state index contributed by atoms with van der Waals surface area (Å²) in [5.41, 5.74) is 3.53. The van der Waals surface area contributed by atoms with E-state index in [1.54, 1.807) is 29.2 Å². The Labute approximate surface area is 215 Å². The fraction of sp³-hybridized carbons (Fsp3) is 0.400. The molecule has 4 aliphatic carbocycles. The van der Waals surface area contributed by atoms with Crippen LogP contribution in [0.3, 0.4) is 0 Å². The van der Waals surface area contributed by atoms with Crippen LogP contribution in [0, 0.1) is 55.3 Å². The van der Waals surface area contributed by atoms with Gasteiger partial charge in [0.2, 0.25) is 17.7 Å². The third kappa shape index (κ3) is 3.32. The highest BCUT2D eigenvalue weighted by molar-refractivity contribution is 6.22. The second-order valence-electron chi connectivity index (χ2n) is 11.3. The number of carbonyl (C=O) groups excluding carboxylic acids is 4. The molecule has 0 radical (unpaired) electrons. The predicted octanol–water partition coefficient (Wildman–Crippen LogP) is 3.82. The molecule has 0 spiro atoms. The Morgan fingerprint density at radius 3 is 2.08 bits per heavy atom. The molecule has 2 aromatic rings. The number of anilines is 2. The maximum atomic E-state index is 13.3. The van der Waals surface area contributed by atoms with E-state index in [9.17, 15) is 19.2 Å². The van der Waals surface area contributed by atoms with Crippen molar-refractivity contribution in [3.8, 4) is 5.75 Å². The van der Waals surface area contributed by atoms with Gasteiger partial charge >= 0.3 is 5.97 Å². The van der Waals surface area contributed by atoms with Crippen LogP contribution in [-0.4, -0.2) is 30.2 Å². The minimum atomic E-state index is -0.562. The number of nitrogens with zero attached hydrogens (tertiary/aromatic N) is 2. The Balaban J connectivity index is 1.03. The Morgan fingerprint density at radius 1 is 0.838 bits per heavy atom. The standard InChI is InChI=1S/C30H28N2O5/c1-15-3-4-19(11-16(15)2)31-14-17(12-25(31)33)30(36)37-20-7-5-18(6-8-20)32-28(34)26-21-9-10-22(24-13-23(21)24)27(26)29(32)35/h3-11,17,21-24,26-27H,12-14H2,1-2H3/t17-,21+,22+,23-,24+,26-,27+/m1/s1. The average molecular weight is 497 g/mol. The molecule has 2 aromatic carbocycles. The summed E-state index contributed by atoms with van der Waals surface area (Å²) in [6.45, 7) is 4.29. The van der Waals surface area contributed by atoms with Crippen molar-refractivity contribution in [1.82, 2.24) is 0 Å². The molecule has 0 N–H and O–H groups in total. The van der Waals surface area contributed by atoms with E-state index in [-0.39, 0.29) is 54.4 Å². The summed E-state index contributed by atoms with van der Waals surface area (Å²) in [4.78, 5) is 55.1. The third-order valence-corrected chi connectivity index (χ3v) is 9.24. The number of carbonyl (C=O) groups is 4. The van der Waals surface area contributed by atoms with Crippen LogP contribution in [0.4, 0.5) is 11.4 Å². The molecular formula is C30H28N2O5. The van der Waals surface area contributed by atoms with Crippen molar-refractivity contribution in [2.45, 2.75) is 26.7 Å². The number of allylic oxidation sites excluding steroid dienone is 2. The van der Waals surface area contributed by atoms with Gasteiger partial charge in [0, 0.05) is 18.7 Å². The maximum Gasteiger partial charge on any atom is 0.316 e. The molecule has 2 aliphatic heterocycles. The van der Waals surface area contributed by atoms with Gasteiger partial charge in [0.05, 0.1) is 23.4 Å². The summed E-state index contributed by atoms with van der Waals surface area (Å²) in [7, 11) is 0. The average Bonchev–Trinajstić information content (AvgIpc) is 3.57. The van der Waals surface area contributed by atoms with Gasteiger partial charge in [-0.2, -0.15) is 0 Å². The minimum Gasteiger partial charge on any atom is -0.426 e. The van der Waals surface area contributed by atoms with Crippen LogP contribution in [0.25, 0.3) is 0 Å². The number of rotatable bonds is 4. The lowest BCUT2D eigenvalue weighted by Crippen LogP contribution is -2.40. The van der Waals surface area contributed by atoms with E-state index in [0.29, 0.717) is 23.3 Å². The van der Waals surface area contributed by atoms with Crippen molar-refractivity contribution in [2.75, 3.05) is 16.3 Å². The van der Waals surface area contributed by atoms with Crippen LogP contribution in [0.2, 0.25) is 0 Å². The van der Waals surface area contributed by atoms with Gasteiger partial charge in [0.25, 0.3) is 0 Å². The number of esters is 1. The van der Waals surface area contributed by atoms with Gasteiger partial charge in [-0.05, 0) is 91.5 Å². The quantitative estimate of drug-likeness (QED) is 0.278. The fourth-order valence-electron chi connectivity index (χ4n) is 7.08. The van der Waals surface area contributed by atoms with Crippen LogP contribution in [-0.2, 0) is 19.2 Å². The van der Waals surface area contributed by atoms with Crippen molar-refractivity contribution in [1.29, 1.82) is 0 Å². The number of imide groups is 1. The number of hydrogen-bond donors (Lipinski definition) is 0. The van der Waals surface area contributed by atoms with Crippen molar-refractivity contribution >= 4 is 35.1 Å². The van der Waals surface area contributed by atoms with Crippen LogP contribution in [0.5, 0.6) is 5.75 Å². The highest BCUT2D eigenvalue weighted by Gasteiger charge is 2.67. The Hall–Kier alpha value is -3.74. The summed E-state index contributed by atoms with van der Waals surface area (Å²) in [5.74, 6) is -0.0422. The molecule has 6 aliphatic rings. The summed E-state index contributed by atoms with van der Waals surface area (Å²) < 4.78 is 5.59. The zero-order valence-electron chi connectivity index (χ0n) is 20.8. The molecule has 0 aromatic heterocycles. The SMILES string of the molecule is Cc1ccc(N2C[C@H](C(=O)Oc3ccc(N4C(=O)[C@@H]5[C@H]6C=C[C@@H]([C@@H]7C[C@H]67)[C@@H]5C4=O)cc3)CC2=O)cc1C. The lowest BCUT2D eigenvalue weighted by molar-refractivity contribution is -0.139. The molecule has 3 amide bonds. The zero-order chi connectivity index (χ0) is 25.6. The van der Waals surface area contributed by atoms with Gasteiger partial charge in [-0.25, -0.2) is 0 Å². The molecule has 7 atom stereocenters. The van der Waals surface area contributed by atoms with E-state index < -0.39 is 11.9 Å². The molecule has 4 fully saturated rings. The first-order valence-electron chi connectivity index (χ1n) is 13.1. The van der Waals surface area contributed by atoms with E-state index in [2.05, 4.69) is 12.2 Å². The van der Waals surface area contributed by atoms with E-state index in [0.717, 1.165) is 23.2 Å². The first kappa shape index (κ1) is 22.5. The van der Waals surface area contributed by atoms with Crippen LogP contribution >= 0.6 is 0 Å².